The lowest BCUT2D eigenvalue weighted by atomic mass is 9.86. The molecule has 7 heteroatoms. The summed E-state index contributed by atoms with van der Waals surface area (Å²) in [7, 11) is 0. The van der Waals surface area contributed by atoms with Gasteiger partial charge in [0.2, 0.25) is 5.91 Å². The van der Waals surface area contributed by atoms with Crippen molar-refractivity contribution in [2.45, 2.75) is 38.3 Å². The zero-order chi connectivity index (χ0) is 18.3. The molecular weight excluding hydrogens is 343 g/mol. The van der Waals surface area contributed by atoms with E-state index in [2.05, 4.69) is 4.98 Å². The Labute approximate surface area is 151 Å². The summed E-state index contributed by atoms with van der Waals surface area (Å²) >= 11 is 0. The van der Waals surface area contributed by atoms with E-state index in [-0.39, 0.29) is 5.91 Å². The van der Waals surface area contributed by atoms with Crippen LogP contribution >= 0.6 is 0 Å². The summed E-state index contributed by atoms with van der Waals surface area (Å²) in [6, 6.07) is 2.48. The highest BCUT2D eigenvalue weighted by molar-refractivity contribution is 5.77. The number of aromatic nitrogens is 1. The molecule has 4 nitrogen and oxygen atoms in total. The Balaban J connectivity index is 1.29. The van der Waals surface area contributed by atoms with Crippen LogP contribution in [-0.4, -0.2) is 42.0 Å². The molecule has 1 aromatic rings. The van der Waals surface area contributed by atoms with Crippen LogP contribution < -0.4 is 4.90 Å². The lowest BCUT2D eigenvalue weighted by Crippen LogP contribution is -2.49. The highest BCUT2D eigenvalue weighted by Crippen LogP contribution is 2.49. The van der Waals surface area contributed by atoms with Crippen LogP contribution in [0.5, 0.6) is 0 Å². The van der Waals surface area contributed by atoms with Crippen molar-refractivity contribution < 1.29 is 18.0 Å². The monoisotopic (exact) mass is 367 g/mol. The average Bonchev–Trinajstić information content (AvgIpc) is 3.24. The van der Waals surface area contributed by atoms with Crippen molar-refractivity contribution in [1.29, 1.82) is 0 Å². The molecule has 3 aliphatic rings. The second-order valence-corrected chi connectivity index (χ2v) is 7.91. The number of carbonyl (C=O) groups excluding carboxylic acids is 1. The number of alkyl halides is 3. The fraction of sp³-hybridized carbons (Fsp3) is 0.684. The fourth-order valence-electron chi connectivity index (χ4n) is 4.91. The van der Waals surface area contributed by atoms with E-state index in [1.54, 1.807) is 0 Å². The van der Waals surface area contributed by atoms with E-state index in [1.807, 2.05) is 9.80 Å². The number of hydrogen-bond donors (Lipinski definition) is 0. The first-order chi connectivity index (χ1) is 12.4. The second kappa shape index (κ2) is 6.74. The molecule has 0 spiro atoms. The Morgan fingerprint density at radius 1 is 1.12 bits per heavy atom. The summed E-state index contributed by atoms with van der Waals surface area (Å²) in [6.07, 6.45) is 2.33. The van der Waals surface area contributed by atoms with Gasteiger partial charge in [-0.3, -0.25) is 4.79 Å². The predicted octanol–water partition coefficient (Wildman–Crippen LogP) is 3.58. The first-order valence-corrected chi connectivity index (χ1v) is 9.46. The van der Waals surface area contributed by atoms with E-state index >= 15 is 0 Å². The quantitative estimate of drug-likeness (QED) is 0.819. The molecule has 1 amide bonds. The Bertz CT molecular complexity index is 653. The molecule has 2 heterocycles. The molecule has 26 heavy (non-hydrogen) atoms. The molecule has 4 rings (SSSR count). The molecule has 2 bridgehead atoms. The van der Waals surface area contributed by atoms with Crippen LogP contribution in [0, 0.1) is 17.8 Å². The van der Waals surface area contributed by atoms with Crippen LogP contribution in [0.15, 0.2) is 18.3 Å². The number of rotatable bonds is 3. The highest BCUT2D eigenvalue weighted by atomic mass is 19.4. The zero-order valence-electron chi connectivity index (χ0n) is 14.7. The van der Waals surface area contributed by atoms with E-state index in [4.69, 9.17) is 0 Å². The van der Waals surface area contributed by atoms with Gasteiger partial charge < -0.3 is 9.80 Å². The molecule has 142 valence electrons. The van der Waals surface area contributed by atoms with Crippen LogP contribution in [0.3, 0.4) is 0 Å². The first kappa shape index (κ1) is 17.6. The maximum Gasteiger partial charge on any atom is 0.417 e. The number of hydrogen-bond acceptors (Lipinski definition) is 3. The number of pyridine rings is 1. The molecule has 0 unspecified atom stereocenters. The maximum atomic E-state index is 12.6. The van der Waals surface area contributed by atoms with Crippen LogP contribution in [0.25, 0.3) is 0 Å². The summed E-state index contributed by atoms with van der Waals surface area (Å²) in [4.78, 5) is 20.4. The molecule has 0 N–H and O–H groups in total. The van der Waals surface area contributed by atoms with E-state index in [1.165, 1.54) is 31.7 Å². The number of nitrogens with zero attached hydrogens (tertiary/aromatic N) is 3. The molecule has 1 aliphatic heterocycles. The standard InChI is InChI=1S/C19H24F3N3O/c20-19(21,22)16-3-4-17(23-12-16)24-5-7-25(8-6-24)18(26)11-15-10-13-1-2-14(15)9-13/h3-4,12-15H,1-2,5-11H2/t13-,14-,15-/m0/s1. The Kier molecular flexibility index (Phi) is 4.57. The van der Waals surface area contributed by atoms with Gasteiger partial charge in [0, 0.05) is 38.8 Å². The summed E-state index contributed by atoms with van der Waals surface area (Å²) in [6.45, 7) is 2.45. The van der Waals surface area contributed by atoms with Crippen molar-refractivity contribution in [3.8, 4) is 0 Å². The summed E-state index contributed by atoms with van der Waals surface area (Å²) < 4.78 is 37.9. The van der Waals surface area contributed by atoms with Crippen LogP contribution in [0.2, 0.25) is 0 Å². The van der Waals surface area contributed by atoms with Crippen molar-refractivity contribution in [3.63, 3.8) is 0 Å². The molecular formula is C19H24F3N3O. The smallest absolute Gasteiger partial charge is 0.353 e. The van der Waals surface area contributed by atoms with Crippen molar-refractivity contribution in [2.75, 3.05) is 31.1 Å². The van der Waals surface area contributed by atoms with E-state index in [0.717, 1.165) is 24.1 Å². The number of anilines is 1. The number of carbonyl (C=O) groups is 1. The molecule has 0 aromatic carbocycles. The molecule has 1 aromatic heterocycles. The Morgan fingerprint density at radius 3 is 2.42 bits per heavy atom. The van der Waals surface area contributed by atoms with Gasteiger partial charge in [0.05, 0.1) is 5.56 Å². The topological polar surface area (TPSA) is 36.4 Å². The van der Waals surface area contributed by atoms with Crippen molar-refractivity contribution in [1.82, 2.24) is 9.88 Å². The number of piperazine rings is 1. The minimum atomic E-state index is -4.36. The molecule has 1 saturated heterocycles. The third-order valence-electron chi connectivity index (χ3n) is 6.35. The third kappa shape index (κ3) is 3.53. The predicted molar refractivity (Wildman–Crippen MR) is 91.6 cm³/mol. The number of halogens is 3. The van der Waals surface area contributed by atoms with Crippen molar-refractivity contribution in [2.24, 2.45) is 17.8 Å². The molecule has 0 radical (unpaired) electrons. The van der Waals surface area contributed by atoms with Crippen LogP contribution in [0.4, 0.5) is 19.0 Å². The van der Waals surface area contributed by atoms with Gasteiger partial charge in [0.1, 0.15) is 5.82 Å². The van der Waals surface area contributed by atoms with Gasteiger partial charge in [-0.05, 0) is 49.1 Å². The van der Waals surface area contributed by atoms with Gasteiger partial charge in [-0.2, -0.15) is 13.2 Å². The lowest BCUT2D eigenvalue weighted by molar-refractivity contribution is -0.138. The lowest BCUT2D eigenvalue weighted by Gasteiger charge is -2.36. The normalized spacial score (nSPS) is 28.7. The van der Waals surface area contributed by atoms with Gasteiger partial charge >= 0.3 is 6.18 Å². The van der Waals surface area contributed by atoms with Crippen molar-refractivity contribution in [3.05, 3.63) is 23.9 Å². The van der Waals surface area contributed by atoms with Crippen LogP contribution in [-0.2, 0) is 11.0 Å². The van der Waals surface area contributed by atoms with Gasteiger partial charge in [0.15, 0.2) is 0 Å². The maximum absolute atomic E-state index is 12.6. The minimum Gasteiger partial charge on any atom is -0.353 e. The Hall–Kier alpha value is -1.79. The molecule has 2 aliphatic carbocycles. The van der Waals surface area contributed by atoms with Gasteiger partial charge in [0.25, 0.3) is 0 Å². The van der Waals surface area contributed by atoms with Gasteiger partial charge in [-0.15, -0.1) is 0 Å². The third-order valence-corrected chi connectivity index (χ3v) is 6.35. The van der Waals surface area contributed by atoms with E-state index in [0.29, 0.717) is 44.3 Å². The fourth-order valence-corrected chi connectivity index (χ4v) is 4.91. The van der Waals surface area contributed by atoms with E-state index in [9.17, 15) is 18.0 Å². The second-order valence-electron chi connectivity index (χ2n) is 7.91. The molecule has 2 saturated carbocycles. The van der Waals surface area contributed by atoms with Crippen LogP contribution in [0.1, 0.15) is 37.7 Å². The van der Waals surface area contributed by atoms with Gasteiger partial charge in [-0.25, -0.2) is 4.98 Å². The highest BCUT2D eigenvalue weighted by Gasteiger charge is 2.40. The average molecular weight is 367 g/mol. The van der Waals surface area contributed by atoms with Crippen molar-refractivity contribution >= 4 is 11.7 Å². The SMILES string of the molecule is O=C(C[C@@H]1C[C@H]2CC[C@H]1C2)N1CCN(c2ccc(C(F)(F)F)cn2)CC1. The number of fused-ring (bicyclic) bond motifs is 2. The first-order valence-electron chi connectivity index (χ1n) is 9.46. The zero-order valence-corrected chi connectivity index (χ0v) is 14.7. The molecule has 3 atom stereocenters. The molecule has 3 fully saturated rings. The van der Waals surface area contributed by atoms with E-state index < -0.39 is 11.7 Å². The largest absolute Gasteiger partial charge is 0.417 e. The van der Waals surface area contributed by atoms with Gasteiger partial charge in [-0.1, -0.05) is 6.42 Å². The summed E-state index contributed by atoms with van der Waals surface area (Å²) in [5.41, 5.74) is -0.735. The summed E-state index contributed by atoms with van der Waals surface area (Å²) in [5, 5.41) is 0. The summed E-state index contributed by atoms with van der Waals surface area (Å²) in [5.74, 6) is 2.94. The Morgan fingerprint density at radius 2 is 1.88 bits per heavy atom. The minimum absolute atomic E-state index is 0.238. The number of amides is 1.